The summed E-state index contributed by atoms with van der Waals surface area (Å²) >= 11 is 0. The first kappa shape index (κ1) is 14.4. The van der Waals surface area contributed by atoms with Crippen molar-refractivity contribution in [3.05, 3.63) is 45.0 Å². The number of rotatable bonds is 6. The van der Waals surface area contributed by atoms with Crippen LogP contribution in [0.3, 0.4) is 0 Å². The third-order valence-corrected chi connectivity index (χ3v) is 2.86. The maximum absolute atomic E-state index is 10.9. The van der Waals surface area contributed by atoms with Crippen LogP contribution in [-0.2, 0) is 0 Å². The molecule has 0 radical (unpaired) electrons. The number of nitrogens with one attached hydrogen (secondary N) is 1. The molecule has 0 bridgehead atoms. The zero-order valence-corrected chi connectivity index (χ0v) is 11.2. The van der Waals surface area contributed by atoms with Crippen molar-refractivity contribution in [1.29, 1.82) is 0 Å². The van der Waals surface area contributed by atoms with Crippen molar-refractivity contribution in [2.75, 3.05) is 13.1 Å². The van der Waals surface area contributed by atoms with Crippen molar-refractivity contribution in [2.24, 2.45) is 0 Å². The van der Waals surface area contributed by atoms with Gasteiger partial charge in [0.15, 0.2) is 0 Å². The summed E-state index contributed by atoms with van der Waals surface area (Å²) in [5.74, 6) is 0. The third kappa shape index (κ3) is 3.96. The second kappa shape index (κ2) is 6.91. The van der Waals surface area contributed by atoms with Crippen LogP contribution in [0.15, 0.2) is 23.8 Å². The summed E-state index contributed by atoms with van der Waals surface area (Å²) in [6.45, 7) is 7.65. The van der Waals surface area contributed by atoms with Crippen LogP contribution in [0.25, 0.3) is 6.08 Å². The Balaban J connectivity index is 2.98. The maximum Gasteiger partial charge on any atom is 0.272 e. The monoisotopic (exact) mass is 248 g/mol. The third-order valence-electron chi connectivity index (χ3n) is 2.86. The van der Waals surface area contributed by atoms with Gasteiger partial charge in [-0.1, -0.05) is 37.6 Å². The molecule has 0 saturated carbocycles. The minimum absolute atomic E-state index is 0.183. The van der Waals surface area contributed by atoms with Crippen LogP contribution in [-0.4, -0.2) is 18.0 Å². The maximum atomic E-state index is 10.9. The van der Waals surface area contributed by atoms with Gasteiger partial charge in [0.05, 0.1) is 4.92 Å². The number of aryl methyl sites for hydroxylation is 1. The van der Waals surface area contributed by atoms with E-state index >= 15 is 0 Å². The first-order chi connectivity index (χ1) is 8.58. The van der Waals surface area contributed by atoms with Crippen LogP contribution < -0.4 is 5.32 Å². The van der Waals surface area contributed by atoms with E-state index < -0.39 is 0 Å². The van der Waals surface area contributed by atoms with Crippen molar-refractivity contribution in [3.63, 3.8) is 0 Å². The van der Waals surface area contributed by atoms with Gasteiger partial charge >= 0.3 is 0 Å². The fourth-order valence-corrected chi connectivity index (χ4v) is 1.71. The standard InChI is InChI=1S/C14H20N2O2/c1-4-12(10-15-5-2)8-13-7-6-11(3)14(9-13)16(17)18/h6-9,15H,4-5,10H2,1-3H3. The predicted molar refractivity (Wildman–Crippen MR) is 74.6 cm³/mol. The van der Waals surface area contributed by atoms with E-state index in [0.717, 1.165) is 25.1 Å². The zero-order chi connectivity index (χ0) is 13.5. The van der Waals surface area contributed by atoms with Gasteiger partial charge in [0, 0.05) is 18.2 Å². The highest BCUT2D eigenvalue weighted by atomic mass is 16.6. The molecule has 1 rings (SSSR count). The summed E-state index contributed by atoms with van der Waals surface area (Å²) in [5.41, 5.74) is 3.02. The van der Waals surface area contributed by atoms with Gasteiger partial charge in [0.25, 0.3) is 5.69 Å². The summed E-state index contributed by atoms with van der Waals surface area (Å²) in [7, 11) is 0. The van der Waals surface area contributed by atoms with E-state index in [-0.39, 0.29) is 10.6 Å². The highest BCUT2D eigenvalue weighted by Crippen LogP contribution is 2.21. The van der Waals surface area contributed by atoms with Crippen molar-refractivity contribution >= 4 is 11.8 Å². The zero-order valence-electron chi connectivity index (χ0n) is 11.2. The Labute approximate surface area is 108 Å². The predicted octanol–water partition coefficient (Wildman–Crippen LogP) is 3.31. The molecule has 0 aliphatic heterocycles. The van der Waals surface area contributed by atoms with E-state index in [4.69, 9.17) is 0 Å². The van der Waals surface area contributed by atoms with Crippen LogP contribution in [0.5, 0.6) is 0 Å². The van der Waals surface area contributed by atoms with Gasteiger partial charge in [0.2, 0.25) is 0 Å². The SMILES string of the molecule is CCNCC(=Cc1ccc(C)c([N+](=O)[O-])c1)CC. The Kier molecular flexibility index (Phi) is 5.52. The molecule has 0 saturated heterocycles. The van der Waals surface area contributed by atoms with Gasteiger partial charge in [-0.2, -0.15) is 0 Å². The Hall–Kier alpha value is -1.68. The lowest BCUT2D eigenvalue weighted by molar-refractivity contribution is -0.385. The summed E-state index contributed by atoms with van der Waals surface area (Å²) in [6, 6.07) is 5.35. The topological polar surface area (TPSA) is 55.2 Å². The van der Waals surface area contributed by atoms with E-state index in [1.807, 2.05) is 12.1 Å². The number of likely N-dealkylation sites (N-methyl/N-ethyl adjacent to an activating group) is 1. The van der Waals surface area contributed by atoms with Gasteiger partial charge in [-0.25, -0.2) is 0 Å². The number of hydrogen-bond acceptors (Lipinski definition) is 3. The summed E-state index contributed by atoms with van der Waals surface area (Å²) < 4.78 is 0. The largest absolute Gasteiger partial charge is 0.313 e. The summed E-state index contributed by atoms with van der Waals surface area (Å²) in [6.07, 6.45) is 2.96. The minimum atomic E-state index is -0.331. The molecular weight excluding hydrogens is 228 g/mol. The molecule has 1 aromatic rings. The number of nitrogens with zero attached hydrogens (tertiary/aromatic N) is 1. The number of nitro groups is 1. The summed E-state index contributed by atoms with van der Waals surface area (Å²) in [4.78, 5) is 10.5. The van der Waals surface area contributed by atoms with Crippen LogP contribution >= 0.6 is 0 Å². The molecule has 1 N–H and O–H groups in total. The normalized spacial score (nSPS) is 11.6. The molecule has 0 aromatic heterocycles. The highest BCUT2D eigenvalue weighted by molar-refractivity contribution is 5.58. The van der Waals surface area contributed by atoms with Gasteiger partial charge in [-0.15, -0.1) is 0 Å². The van der Waals surface area contributed by atoms with E-state index in [9.17, 15) is 10.1 Å². The molecule has 0 unspecified atom stereocenters. The number of hydrogen-bond donors (Lipinski definition) is 1. The molecule has 4 nitrogen and oxygen atoms in total. The van der Waals surface area contributed by atoms with E-state index in [2.05, 4.69) is 19.2 Å². The molecule has 18 heavy (non-hydrogen) atoms. The lowest BCUT2D eigenvalue weighted by atomic mass is 10.1. The number of nitro benzene ring substituents is 1. The Morgan fingerprint density at radius 2 is 2.17 bits per heavy atom. The molecule has 0 spiro atoms. The number of benzene rings is 1. The molecule has 98 valence electrons. The highest BCUT2D eigenvalue weighted by Gasteiger charge is 2.10. The molecule has 0 atom stereocenters. The summed E-state index contributed by atoms with van der Waals surface area (Å²) in [5, 5.41) is 14.1. The van der Waals surface area contributed by atoms with Crippen molar-refractivity contribution < 1.29 is 4.92 Å². The fraction of sp³-hybridized carbons (Fsp3) is 0.429. The second-order valence-corrected chi connectivity index (χ2v) is 4.24. The van der Waals surface area contributed by atoms with Gasteiger partial charge in [0.1, 0.15) is 0 Å². The van der Waals surface area contributed by atoms with Gasteiger partial charge < -0.3 is 5.32 Å². The van der Waals surface area contributed by atoms with Gasteiger partial charge in [-0.3, -0.25) is 10.1 Å². The van der Waals surface area contributed by atoms with E-state index in [0.29, 0.717) is 5.56 Å². The molecular formula is C14H20N2O2. The molecule has 1 aromatic carbocycles. The van der Waals surface area contributed by atoms with E-state index in [1.165, 1.54) is 5.57 Å². The molecule has 0 aliphatic carbocycles. The van der Waals surface area contributed by atoms with Crippen molar-refractivity contribution in [2.45, 2.75) is 27.2 Å². The molecule has 0 heterocycles. The Morgan fingerprint density at radius 1 is 1.44 bits per heavy atom. The first-order valence-corrected chi connectivity index (χ1v) is 6.23. The second-order valence-electron chi connectivity index (χ2n) is 4.24. The van der Waals surface area contributed by atoms with Crippen LogP contribution in [0.2, 0.25) is 0 Å². The van der Waals surface area contributed by atoms with Crippen LogP contribution in [0.4, 0.5) is 5.69 Å². The lowest BCUT2D eigenvalue weighted by Gasteiger charge is -2.06. The molecule has 0 aliphatic rings. The van der Waals surface area contributed by atoms with Crippen molar-refractivity contribution in [1.82, 2.24) is 5.32 Å². The Bertz CT molecular complexity index is 453. The first-order valence-electron chi connectivity index (χ1n) is 6.23. The molecule has 4 heteroatoms. The van der Waals surface area contributed by atoms with E-state index in [1.54, 1.807) is 19.1 Å². The smallest absolute Gasteiger partial charge is 0.272 e. The average molecular weight is 248 g/mol. The minimum Gasteiger partial charge on any atom is -0.313 e. The average Bonchev–Trinajstić information content (AvgIpc) is 2.36. The van der Waals surface area contributed by atoms with Crippen LogP contribution in [0.1, 0.15) is 31.4 Å². The molecule has 0 fully saturated rings. The quantitative estimate of drug-likeness (QED) is 0.620. The Morgan fingerprint density at radius 3 is 2.72 bits per heavy atom. The van der Waals surface area contributed by atoms with Gasteiger partial charge in [-0.05, 0) is 25.5 Å². The van der Waals surface area contributed by atoms with Crippen molar-refractivity contribution in [3.8, 4) is 0 Å². The molecule has 0 amide bonds. The fourth-order valence-electron chi connectivity index (χ4n) is 1.71. The lowest BCUT2D eigenvalue weighted by Crippen LogP contribution is -2.15. The van der Waals surface area contributed by atoms with Crippen LogP contribution in [0, 0.1) is 17.0 Å².